The van der Waals surface area contributed by atoms with Crippen LogP contribution in [0.3, 0.4) is 0 Å². The fourth-order valence-corrected chi connectivity index (χ4v) is 1.92. The average molecular weight is 325 g/mol. The minimum Gasteiger partial charge on any atom is -0.489 e. The lowest BCUT2D eigenvalue weighted by molar-refractivity contribution is 0.0697. The molecule has 2 aromatic carbocycles. The van der Waals surface area contributed by atoms with Gasteiger partial charge in [0.25, 0.3) is 0 Å². The highest BCUT2D eigenvalue weighted by atomic mass is 79.9. The third-order valence-electron chi connectivity index (χ3n) is 2.49. The van der Waals surface area contributed by atoms with Gasteiger partial charge in [-0.3, -0.25) is 0 Å². The molecule has 0 spiro atoms. The fraction of sp³-hybridized carbons (Fsp3) is 0.0714. The molecular weight excluding hydrogens is 315 g/mol. The lowest BCUT2D eigenvalue weighted by Gasteiger charge is -2.07. The molecule has 19 heavy (non-hydrogen) atoms. The molecule has 0 radical (unpaired) electrons. The van der Waals surface area contributed by atoms with Crippen molar-refractivity contribution >= 4 is 21.9 Å². The van der Waals surface area contributed by atoms with E-state index in [1.165, 1.54) is 18.2 Å². The molecule has 2 rings (SSSR count). The number of carboxylic acid groups (broad SMARTS) is 1. The van der Waals surface area contributed by atoms with E-state index in [4.69, 9.17) is 9.84 Å². The Balaban J connectivity index is 2.01. The van der Waals surface area contributed by atoms with Crippen molar-refractivity contribution in [2.45, 2.75) is 6.61 Å². The van der Waals surface area contributed by atoms with Crippen LogP contribution in [0.1, 0.15) is 15.9 Å². The fourth-order valence-electron chi connectivity index (χ4n) is 1.49. The second-order valence-electron chi connectivity index (χ2n) is 3.87. The van der Waals surface area contributed by atoms with Crippen molar-refractivity contribution < 1.29 is 19.0 Å². The molecule has 0 fully saturated rings. The van der Waals surface area contributed by atoms with E-state index in [2.05, 4.69) is 15.9 Å². The van der Waals surface area contributed by atoms with E-state index in [1.54, 1.807) is 24.3 Å². The molecule has 0 heterocycles. The maximum absolute atomic E-state index is 13.0. The number of rotatable bonds is 4. The van der Waals surface area contributed by atoms with Gasteiger partial charge in [0.1, 0.15) is 18.2 Å². The summed E-state index contributed by atoms with van der Waals surface area (Å²) in [5.41, 5.74) is 1.02. The van der Waals surface area contributed by atoms with E-state index in [0.29, 0.717) is 10.2 Å². The maximum Gasteiger partial charge on any atom is 0.335 e. The van der Waals surface area contributed by atoms with Gasteiger partial charge in [0.15, 0.2) is 0 Å². The Kier molecular flexibility index (Phi) is 4.16. The first kappa shape index (κ1) is 13.5. The Hall–Kier alpha value is -1.88. The third-order valence-corrected chi connectivity index (χ3v) is 3.10. The van der Waals surface area contributed by atoms with Gasteiger partial charge >= 0.3 is 5.97 Å². The van der Waals surface area contributed by atoms with Gasteiger partial charge in [-0.1, -0.05) is 6.07 Å². The summed E-state index contributed by atoms with van der Waals surface area (Å²) < 4.78 is 18.9. The highest BCUT2D eigenvalue weighted by molar-refractivity contribution is 9.10. The molecular formula is C14H10BrFO3. The van der Waals surface area contributed by atoms with Gasteiger partial charge < -0.3 is 9.84 Å². The Labute approximate surface area is 117 Å². The van der Waals surface area contributed by atoms with Gasteiger partial charge in [-0.25, -0.2) is 9.18 Å². The number of halogens is 2. The molecule has 0 aromatic heterocycles. The summed E-state index contributed by atoms with van der Waals surface area (Å²) in [6.07, 6.45) is 0. The van der Waals surface area contributed by atoms with Crippen LogP contribution in [0.4, 0.5) is 4.39 Å². The van der Waals surface area contributed by atoms with Crippen molar-refractivity contribution in [1.82, 2.24) is 0 Å². The normalized spacial score (nSPS) is 10.2. The monoisotopic (exact) mass is 324 g/mol. The van der Waals surface area contributed by atoms with Crippen LogP contribution in [0.5, 0.6) is 5.75 Å². The molecule has 0 amide bonds. The molecule has 98 valence electrons. The maximum atomic E-state index is 13.0. The molecule has 1 N–H and O–H groups in total. The van der Waals surface area contributed by atoms with Crippen LogP contribution in [0, 0.1) is 5.82 Å². The van der Waals surface area contributed by atoms with Crippen LogP contribution in [0.15, 0.2) is 46.9 Å². The Morgan fingerprint density at radius 3 is 2.47 bits per heavy atom. The molecule has 0 aliphatic heterocycles. The molecule has 0 aliphatic rings. The largest absolute Gasteiger partial charge is 0.489 e. The minimum absolute atomic E-state index is 0.205. The Morgan fingerprint density at radius 2 is 1.89 bits per heavy atom. The molecule has 0 aliphatic carbocycles. The van der Waals surface area contributed by atoms with Gasteiger partial charge in [-0.15, -0.1) is 0 Å². The third kappa shape index (κ3) is 3.54. The van der Waals surface area contributed by atoms with E-state index in [0.717, 1.165) is 5.56 Å². The molecule has 0 bridgehead atoms. The predicted octanol–water partition coefficient (Wildman–Crippen LogP) is 3.87. The zero-order valence-corrected chi connectivity index (χ0v) is 11.4. The van der Waals surface area contributed by atoms with E-state index >= 15 is 0 Å². The lowest BCUT2D eigenvalue weighted by atomic mass is 10.2. The number of hydrogen-bond donors (Lipinski definition) is 1. The number of carbonyl (C=O) groups is 1. The number of benzene rings is 2. The van der Waals surface area contributed by atoms with E-state index in [9.17, 15) is 9.18 Å². The summed E-state index contributed by atoms with van der Waals surface area (Å²) >= 11 is 3.10. The van der Waals surface area contributed by atoms with Gasteiger partial charge in [-0.05, 0) is 57.9 Å². The lowest BCUT2D eigenvalue weighted by Crippen LogP contribution is -1.98. The second kappa shape index (κ2) is 5.84. The highest BCUT2D eigenvalue weighted by Gasteiger charge is 2.04. The molecule has 0 saturated carbocycles. The smallest absolute Gasteiger partial charge is 0.335 e. The zero-order chi connectivity index (χ0) is 13.8. The first-order valence-electron chi connectivity index (χ1n) is 5.46. The highest BCUT2D eigenvalue weighted by Crippen LogP contribution is 2.19. The minimum atomic E-state index is -0.978. The van der Waals surface area contributed by atoms with Crippen LogP contribution in [-0.4, -0.2) is 11.1 Å². The van der Waals surface area contributed by atoms with Crippen LogP contribution < -0.4 is 4.74 Å². The van der Waals surface area contributed by atoms with Gasteiger partial charge in [-0.2, -0.15) is 0 Å². The predicted molar refractivity (Wildman–Crippen MR) is 71.8 cm³/mol. The van der Waals surface area contributed by atoms with Crippen LogP contribution in [0.25, 0.3) is 0 Å². The van der Waals surface area contributed by atoms with Crippen molar-refractivity contribution in [3.63, 3.8) is 0 Å². The number of hydrogen-bond acceptors (Lipinski definition) is 2. The molecule has 0 atom stereocenters. The number of ether oxygens (including phenoxy) is 1. The van der Waals surface area contributed by atoms with Crippen LogP contribution in [0.2, 0.25) is 0 Å². The standard InChI is InChI=1S/C14H10BrFO3/c15-12-7-9(1-6-13(12)16)8-19-11-4-2-10(3-5-11)14(17)18/h1-7H,8H2,(H,17,18). The first-order valence-corrected chi connectivity index (χ1v) is 6.25. The molecule has 0 saturated heterocycles. The van der Waals surface area contributed by atoms with E-state index in [-0.39, 0.29) is 18.0 Å². The Bertz CT molecular complexity index is 596. The average Bonchev–Trinajstić information content (AvgIpc) is 2.40. The summed E-state index contributed by atoms with van der Waals surface area (Å²) in [7, 11) is 0. The Morgan fingerprint density at radius 1 is 1.21 bits per heavy atom. The quantitative estimate of drug-likeness (QED) is 0.928. The summed E-state index contributed by atoms with van der Waals surface area (Å²) in [6.45, 7) is 0.283. The van der Waals surface area contributed by atoms with E-state index < -0.39 is 5.97 Å². The van der Waals surface area contributed by atoms with Gasteiger partial charge in [0.2, 0.25) is 0 Å². The number of aromatic carboxylic acids is 1. The second-order valence-corrected chi connectivity index (χ2v) is 4.72. The van der Waals surface area contributed by atoms with Crippen LogP contribution in [-0.2, 0) is 6.61 Å². The van der Waals surface area contributed by atoms with Crippen molar-refractivity contribution in [1.29, 1.82) is 0 Å². The first-order chi connectivity index (χ1) is 9.06. The van der Waals surface area contributed by atoms with Gasteiger partial charge in [0, 0.05) is 0 Å². The summed E-state index contributed by atoms with van der Waals surface area (Å²) in [6, 6.07) is 10.7. The summed E-state index contributed by atoms with van der Waals surface area (Å²) in [5.74, 6) is -0.742. The zero-order valence-electron chi connectivity index (χ0n) is 9.77. The van der Waals surface area contributed by atoms with Crippen molar-refractivity contribution in [3.05, 3.63) is 63.9 Å². The SMILES string of the molecule is O=C(O)c1ccc(OCc2ccc(F)c(Br)c2)cc1. The van der Waals surface area contributed by atoms with Crippen molar-refractivity contribution in [2.24, 2.45) is 0 Å². The number of carboxylic acids is 1. The van der Waals surface area contributed by atoms with Crippen molar-refractivity contribution in [3.8, 4) is 5.75 Å². The van der Waals surface area contributed by atoms with Crippen LogP contribution >= 0.6 is 15.9 Å². The van der Waals surface area contributed by atoms with Crippen molar-refractivity contribution in [2.75, 3.05) is 0 Å². The molecule has 2 aromatic rings. The molecule has 5 heteroatoms. The molecule has 3 nitrogen and oxygen atoms in total. The topological polar surface area (TPSA) is 46.5 Å². The van der Waals surface area contributed by atoms with E-state index in [1.807, 2.05) is 0 Å². The summed E-state index contributed by atoms with van der Waals surface area (Å²) in [4.78, 5) is 10.7. The van der Waals surface area contributed by atoms with Gasteiger partial charge in [0.05, 0.1) is 10.0 Å². The summed E-state index contributed by atoms with van der Waals surface area (Å²) in [5, 5.41) is 8.76. The molecule has 0 unspecified atom stereocenters.